The minimum Gasteiger partial charge on any atom is -0.379 e. The number of ether oxygens (including phenoxy) is 1. The number of anilines is 1. The summed E-state index contributed by atoms with van der Waals surface area (Å²) in [5.41, 5.74) is 3.25. The zero-order valence-electron chi connectivity index (χ0n) is 49.0. The lowest BCUT2D eigenvalue weighted by atomic mass is 9.79. The number of carbonyl (C=O) groups excluding carboxylic acids is 2. The van der Waals surface area contributed by atoms with Gasteiger partial charge in [0.05, 0.1) is 50.3 Å². The number of aromatic nitrogens is 1. The van der Waals surface area contributed by atoms with Crippen LogP contribution in [0.5, 0.6) is 0 Å². The number of nitrogens with zero attached hydrogens (tertiary/aromatic N) is 3. The van der Waals surface area contributed by atoms with Crippen molar-refractivity contribution in [2.45, 2.75) is 97.3 Å². The Balaban J connectivity index is 0.00000279. The number of sulfonamides is 1. The van der Waals surface area contributed by atoms with E-state index in [-0.39, 0.29) is 77.7 Å². The maximum atomic E-state index is 13.5. The maximum Gasteiger partial charge on any atom is 0.425 e. The van der Waals surface area contributed by atoms with Gasteiger partial charge in [-0.15, -0.1) is 12.6 Å². The van der Waals surface area contributed by atoms with Crippen LogP contribution in [-0.4, -0.2) is 139 Å². The van der Waals surface area contributed by atoms with E-state index in [1.165, 1.54) is 54.7 Å². The number of nitrogens with one attached hydrogen (secondary N) is 2. The average Bonchev–Trinajstić information content (AvgIpc) is 1.54. The molecular weight excluding hydrogens is 1290 g/mol. The lowest BCUT2D eigenvalue weighted by molar-refractivity contribution is -0.438. The Morgan fingerprint density at radius 1 is 0.722 bits per heavy atom. The van der Waals surface area contributed by atoms with Crippen LogP contribution < -0.4 is 20.7 Å². The van der Waals surface area contributed by atoms with Gasteiger partial charge in [-0.3, -0.25) is 32.8 Å². The number of pyridine rings is 1. The molecule has 0 atom stereocenters. The molecular formula is C58H65N6O20S6+. The SMILES string of the molecule is CCCC[N+]1=C(/C=C/C(=C/C=C2/N(CCCS(=O)(=O)O)c3ccc4c(S(=O)(=O)O)cc(S(=O)(=O)O)cc4c3C2(C)C)c2ccc(C(=O)NCCOCCC(=O)NCc3ccc(S(N)(=O)=O)cc3)cn2)C(C)(C)c2c1ccc1ccc(S(=O)(=O)O)cc21.O=S(=O)=O. The van der Waals surface area contributed by atoms with Gasteiger partial charge in [-0.05, 0) is 120 Å². The fraction of sp³-hybridized carbons (Fsp3) is 0.310. The van der Waals surface area contributed by atoms with Crippen molar-refractivity contribution in [1.82, 2.24) is 15.6 Å². The van der Waals surface area contributed by atoms with E-state index in [0.29, 0.717) is 51.8 Å². The number of primary sulfonamides is 1. The van der Waals surface area contributed by atoms with Gasteiger partial charge >= 0.3 is 10.6 Å². The Bertz CT molecular complexity index is 4680. The third kappa shape index (κ3) is 16.7. The molecule has 2 amide bonds. The van der Waals surface area contributed by atoms with E-state index in [1.807, 2.05) is 45.1 Å². The van der Waals surface area contributed by atoms with Gasteiger partial charge in [0.15, 0.2) is 5.71 Å². The Morgan fingerprint density at radius 3 is 1.97 bits per heavy atom. The number of carbonyl (C=O) groups is 2. The molecule has 0 aliphatic carbocycles. The molecule has 0 spiro atoms. The van der Waals surface area contributed by atoms with Gasteiger partial charge in [0.2, 0.25) is 21.6 Å². The lowest BCUT2D eigenvalue weighted by Crippen LogP contribution is -2.28. The predicted molar refractivity (Wildman–Crippen MR) is 333 cm³/mol. The predicted octanol–water partition coefficient (Wildman–Crippen LogP) is 6.00. The fourth-order valence-corrected chi connectivity index (χ4v) is 13.7. The highest BCUT2D eigenvalue weighted by Crippen LogP contribution is 2.52. The minimum atomic E-state index is -5.09. The lowest BCUT2D eigenvalue weighted by Gasteiger charge is -2.27. The Kier molecular flexibility index (Phi) is 21.4. The van der Waals surface area contributed by atoms with Gasteiger partial charge in [-0.1, -0.05) is 57.5 Å². The number of allylic oxidation sites excluding steroid dienone is 6. The van der Waals surface area contributed by atoms with Gasteiger partial charge in [-0.2, -0.15) is 38.2 Å². The van der Waals surface area contributed by atoms with Gasteiger partial charge in [0, 0.05) is 84.1 Å². The summed E-state index contributed by atoms with van der Waals surface area (Å²) in [6, 6.07) is 21.8. The normalized spacial score (nSPS) is 15.5. The molecule has 26 nitrogen and oxygen atoms in total. The zero-order valence-corrected chi connectivity index (χ0v) is 53.9. The number of nitrogens with two attached hydrogens (primary N) is 1. The Labute approximate surface area is 522 Å². The van der Waals surface area contributed by atoms with Crippen molar-refractivity contribution in [2.75, 3.05) is 43.5 Å². The second-order valence-electron chi connectivity index (χ2n) is 21.9. The van der Waals surface area contributed by atoms with Crippen molar-refractivity contribution >= 4 is 117 Å². The summed E-state index contributed by atoms with van der Waals surface area (Å²) in [7, 11) is -26.2. The average molecular weight is 1360 g/mol. The summed E-state index contributed by atoms with van der Waals surface area (Å²) in [5.74, 6) is -1.46. The van der Waals surface area contributed by atoms with E-state index in [9.17, 15) is 69.9 Å². The molecule has 0 saturated carbocycles. The van der Waals surface area contributed by atoms with E-state index in [4.69, 9.17) is 27.5 Å². The van der Waals surface area contributed by atoms with Crippen LogP contribution in [0.15, 0.2) is 147 Å². The highest BCUT2D eigenvalue weighted by Gasteiger charge is 2.46. The van der Waals surface area contributed by atoms with Crippen LogP contribution in [0.2, 0.25) is 0 Å². The molecule has 2 aliphatic heterocycles. The first-order chi connectivity index (χ1) is 41.8. The largest absolute Gasteiger partial charge is 0.425 e. The molecule has 90 heavy (non-hydrogen) atoms. The first kappa shape index (κ1) is 70.0. The molecule has 2 aliphatic rings. The quantitative estimate of drug-likeness (QED) is 0.0158. The van der Waals surface area contributed by atoms with Gasteiger partial charge < -0.3 is 20.3 Å². The van der Waals surface area contributed by atoms with Crippen molar-refractivity contribution in [3.8, 4) is 0 Å². The van der Waals surface area contributed by atoms with E-state index < -0.39 is 93.4 Å². The van der Waals surface area contributed by atoms with E-state index in [0.717, 1.165) is 41.3 Å². The van der Waals surface area contributed by atoms with Crippen LogP contribution in [0.3, 0.4) is 0 Å². The van der Waals surface area contributed by atoms with Gasteiger partial charge in [0.1, 0.15) is 11.4 Å². The first-order valence-corrected chi connectivity index (χ1v) is 35.9. The van der Waals surface area contributed by atoms with Crippen molar-refractivity contribution in [3.05, 3.63) is 155 Å². The molecule has 0 fully saturated rings. The second kappa shape index (κ2) is 27.6. The molecule has 5 aromatic carbocycles. The summed E-state index contributed by atoms with van der Waals surface area (Å²) < 4.78 is 196. The number of hydrogen-bond donors (Lipinski definition) is 7. The number of benzene rings is 5. The van der Waals surface area contributed by atoms with E-state index >= 15 is 0 Å². The molecule has 0 saturated heterocycles. The molecule has 8 rings (SSSR count). The summed E-state index contributed by atoms with van der Waals surface area (Å²) in [6.07, 6.45) is 10.00. The highest BCUT2D eigenvalue weighted by molar-refractivity contribution is 7.89. The summed E-state index contributed by atoms with van der Waals surface area (Å²) in [6.45, 7) is 10.4. The van der Waals surface area contributed by atoms with Crippen molar-refractivity contribution < 1.29 is 91.8 Å². The molecule has 32 heteroatoms. The summed E-state index contributed by atoms with van der Waals surface area (Å²) in [4.78, 5) is 30.5. The van der Waals surface area contributed by atoms with Crippen LogP contribution in [0.4, 0.5) is 11.4 Å². The fourth-order valence-electron chi connectivity index (χ4n) is 10.9. The van der Waals surface area contributed by atoms with Crippen molar-refractivity contribution in [1.29, 1.82) is 0 Å². The molecule has 0 radical (unpaired) electrons. The number of hydrogen-bond acceptors (Lipinski definition) is 18. The smallest absolute Gasteiger partial charge is 0.379 e. The van der Waals surface area contributed by atoms with Crippen LogP contribution in [-0.2, 0) is 88.0 Å². The maximum absolute atomic E-state index is 13.5. The molecule has 1 aromatic heterocycles. The van der Waals surface area contributed by atoms with Crippen LogP contribution in [0, 0.1) is 0 Å². The molecule has 482 valence electrons. The third-order valence-corrected chi connectivity index (χ3v) is 19.3. The standard InChI is InChI=1S/C58H64N6O17S5.O3S/c1-6-7-27-63-48-21-13-38-11-18-42(84(72,73)74)32-45(38)54(48)57(2,3)51(63)23-14-39(47-20-12-40(36-61-47)56(66)60-26-30-81-29-25-53(65)62-35-37-9-16-41(17-10-37)83(59,70)71)15-24-52-58(4,5)55-46-33-43(85(75,76)77)34-50(86(78,79)80)44(46)19-22-49(55)64(52)28-8-31-82(67,68)69;1-4(2)3/h9-24,32-34,36H,6-8,25-31,35H2,1-5H3,(H7-,59,60,62,65,66,67,68,69,70,71,72,73,74,75,76,77,78,79,80);/p+1. The third-order valence-electron chi connectivity index (χ3n) is 15.0. The van der Waals surface area contributed by atoms with Crippen molar-refractivity contribution in [3.63, 3.8) is 0 Å². The van der Waals surface area contributed by atoms with Gasteiger partial charge in [-0.25, -0.2) is 13.6 Å². The van der Waals surface area contributed by atoms with Crippen LogP contribution in [0.25, 0.3) is 27.1 Å². The monoisotopic (exact) mass is 1360 g/mol. The zero-order chi connectivity index (χ0) is 66.5. The van der Waals surface area contributed by atoms with Crippen LogP contribution in [0.1, 0.15) is 93.0 Å². The number of rotatable bonds is 24. The van der Waals surface area contributed by atoms with E-state index in [2.05, 4.69) is 15.2 Å². The number of amides is 2. The van der Waals surface area contributed by atoms with Crippen molar-refractivity contribution in [2.24, 2.45) is 5.14 Å². The van der Waals surface area contributed by atoms with E-state index in [1.54, 1.807) is 49.1 Å². The Hall–Kier alpha value is -7.47. The molecule has 0 unspecified atom stereocenters. The van der Waals surface area contributed by atoms with Crippen LogP contribution >= 0.6 is 0 Å². The topological polar surface area (TPSA) is 415 Å². The summed E-state index contributed by atoms with van der Waals surface area (Å²) in [5, 5.41) is 11.9. The number of fused-ring (bicyclic) bond motifs is 6. The minimum absolute atomic E-state index is 0.00796. The molecule has 3 heterocycles. The van der Waals surface area contributed by atoms with Gasteiger partial charge in [0.25, 0.3) is 46.4 Å². The highest BCUT2D eigenvalue weighted by atomic mass is 32.2. The second-order valence-corrected chi connectivity index (χ2v) is 29.7. The molecule has 6 aromatic rings. The molecule has 8 N–H and O–H groups in total. The summed E-state index contributed by atoms with van der Waals surface area (Å²) >= 11 is 0. The Morgan fingerprint density at radius 2 is 1.37 bits per heavy atom. The molecule has 0 bridgehead atoms. The first-order valence-electron chi connectivity index (χ1n) is 27.4. The number of unbranched alkanes of at least 4 members (excludes halogenated alkanes) is 1.